The van der Waals surface area contributed by atoms with E-state index in [9.17, 15) is 19.2 Å². The van der Waals surface area contributed by atoms with Gasteiger partial charge in [-0.05, 0) is 42.0 Å². The zero-order valence-corrected chi connectivity index (χ0v) is 24.1. The van der Waals surface area contributed by atoms with E-state index in [0.29, 0.717) is 50.8 Å². The monoisotopic (exact) mass is 564 g/mol. The smallest absolute Gasteiger partial charge is 0.409 e. The highest BCUT2D eigenvalue weighted by Gasteiger charge is 2.31. The topological polar surface area (TPSA) is 108 Å². The molecule has 1 N–H and O–H groups in total. The van der Waals surface area contributed by atoms with Gasteiger partial charge in [-0.15, -0.1) is 0 Å². The van der Waals surface area contributed by atoms with Gasteiger partial charge >= 0.3 is 6.09 Å². The number of aryl methyl sites for hydroxylation is 1. The first-order valence-corrected chi connectivity index (χ1v) is 14.2. The van der Waals surface area contributed by atoms with Gasteiger partial charge < -0.3 is 19.3 Å². The molecule has 0 aliphatic carbocycles. The highest BCUT2D eigenvalue weighted by atomic mass is 16.6. The van der Waals surface area contributed by atoms with Crippen molar-refractivity contribution in [3.05, 3.63) is 64.7 Å². The van der Waals surface area contributed by atoms with Crippen molar-refractivity contribution in [1.29, 1.82) is 0 Å². The number of nitrogens with zero attached hydrogens (tertiary/aromatic N) is 3. The Morgan fingerprint density at radius 3 is 2.44 bits per heavy atom. The number of amides is 4. The third-order valence-electron chi connectivity index (χ3n) is 7.45. The molecule has 10 nitrogen and oxygen atoms in total. The van der Waals surface area contributed by atoms with Crippen molar-refractivity contribution in [2.45, 2.75) is 59.4 Å². The normalized spacial score (nSPS) is 17.8. The summed E-state index contributed by atoms with van der Waals surface area (Å²) >= 11 is 0. The molecule has 1 unspecified atom stereocenters. The van der Waals surface area contributed by atoms with Crippen LogP contribution in [0, 0.1) is 12.8 Å². The molecule has 0 radical (unpaired) electrons. The molecule has 2 saturated heterocycles. The number of ether oxygens (including phenoxy) is 2. The molecule has 2 fully saturated rings. The first kappa shape index (κ1) is 30.0. The molecule has 0 bridgehead atoms. The van der Waals surface area contributed by atoms with E-state index in [1.54, 1.807) is 4.90 Å². The van der Waals surface area contributed by atoms with Crippen LogP contribution in [0.1, 0.15) is 48.9 Å². The van der Waals surface area contributed by atoms with Gasteiger partial charge in [0.15, 0.2) is 0 Å². The van der Waals surface area contributed by atoms with Gasteiger partial charge in [-0.3, -0.25) is 24.6 Å². The quantitative estimate of drug-likeness (QED) is 0.330. The number of imide groups is 1. The van der Waals surface area contributed by atoms with E-state index in [1.165, 1.54) is 10.5 Å². The maximum atomic E-state index is 12.3. The maximum absolute atomic E-state index is 12.3. The summed E-state index contributed by atoms with van der Waals surface area (Å²) in [6.45, 7) is 10.7. The third kappa shape index (κ3) is 8.29. The fraction of sp³-hybridized carbons (Fsp3) is 0.484. The van der Waals surface area contributed by atoms with Crippen molar-refractivity contribution in [2.24, 2.45) is 5.92 Å². The molecule has 41 heavy (non-hydrogen) atoms. The van der Waals surface area contributed by atoms with Crippen LogP contribution in [0.3, 0.4) is 0 Å². The first-order chi connectivity index (χ1) is 19.7. The third-order valence-corrected chi connectivity index (χ3v) is 7.45. The van der Waals surface area contributed by atoms with Gasteiger partial charge in [0.25, 0.3) is 0 Å². The highest BCUT2D eigenvalue weighted by molar-refractivity contribution is 6.00. The first-order valence-electron chi connectivity index (χ1n) is 14.2. The van der Waals surface area contributed by atoms with Crippen LogP contribution in [0.25, 0.3) is 0 Å². The lowest BCUT2D eigenvalue weighted by Crippen LogP contribution is -2.51. The van der Waals surface area contributed by atoms with E-state index >= 15 is 0 Å². The standard InChI is InChI=1S/C31H40N4O6/c1-22(2)19-41-31(39)34-15-13-33(14-16-34)17-24-7-9-25(10-8-24)20-40-28-6-4-5-23(3)26(28)18-35(21-36)27-11-12-29(37)32-30(27)38/h4-10,21-22,27H,11-20H2,1-3H3,(H,32,37,38). The summed E-state index contributed by atoms with van der Waals surface area (Å²) in [5.41, 5.74) is 3.97. The Balaban J connectivity index is 1.30. The van der Waals surface area contributed by atoms with Crippen LogP contribution in [0.4, 0.5) is 4.79 Å². The van der Waals surface area contributed by atoms with Crippen molar-refractivity contribution in [3.8, 4) is 5.75 Å². The second-order valence-electron chi connectivity index (χ2n) is 11.1. The number of benzene rings is 2. The molecular formula is C31H40N4O6. The largest absolute Gasteiger partial charge is 0.489 e. The average molecular weight is 565 g/mol. The van der Waals surface area contributed by atoms with Crippen molar-refractivity contribution in [3.63, 3.8) is 0 Å². The fourth-order valence-corrected chi connectivity index (χ4v) is 4.99. The summed E-state index contributed by atoms with van der Waals surface area (Å²) in [5, 5.41) is 2.32. The Morgan fingerprint density at radius 2 is 1.78 bits per heavy atom. The molecular weight excluding hydrogens is 524 g/mol. The average Bonchev–Trinajstić information content (AvgIpc) is 2.96. The summed E-state index contributed by atoms with van der Waals surface area (Å²) < 4.78 is 11.5. The minimum absolute atomic E-state index is 0.206. The van der Waals surface area contributed by atoms with Gasteiger partial charge in [-0.25, -0.2) is 4.79 Å². The van der Waals surface area contributed by atoms with Gasteiger partial charge in [0.05, 0.1) is 13.2 Å². The van der Waals surface area contributed by atoms with Crippen molar-refractivity contribution < 1.29 is 28.7 Å². The molecule has 10 heteroatoms. The van der Waals surface area contributed by atoms with E-state index in [0.717, 1.165) is 36.3 Å². The Morgan fingerprint density at radius 1 is 1.07 bits per heavy atom. The van der Waals surface area contributed by atoms with E-state index in [1.807, 2.05) is 51.1 Å². The SMILES string of the molecule is Cc1cccc(OCc2ccc(CN3CCN(C(=O)OCC(C)C)CC3)cc2)c1CN(C=O)C1CCC(=O)NC1=O. The molecule has 4 rings (SSSR count). The van der Waals surface area contributed by atoms with E-state index in [2.05, 4.69) is 22.3 Å². The predicted molar refractivity (Wildman–Crippen MR) is 153 cm³/mol. The summed E-state index contributed by atoms with van der Waals surface area (Å²) in [5.74, 6) is 0.212. The van der Waals surface area contributed by atoms with Crippen LogP contribution in [0.2, 0.25) is 0 Å². The second kappa shape index (κ2) is 14.1. The molecule has 2 aliphatic heterocycles. The fourth-order valence-electron chi connectivity index (χ4n) is 4.99. The molecule has 2 heterocycles. The molecule has 4 amide bonds. The Kier molecular flexibility index (Phi) is 10.3. The predicted octanol–water partition coefficient (Wildman–Crippen LogP) is 3.25. The zero-order chi connectivity index (χ0) is 29.4. The summed E-state index contributed by atoms with van der Waals surface area (Å²) in [7, 11) is 0. The second-order valence-corrected chi connectivity index (χ2v) is 11.1. The van der Waals surface area contributed by atoms with Crippen LogP contribution in [-0.4, -0.2) is 77.8 Å². The van der Waals surface area contributed by atoms with Crippen LogP contribution in [0.15, 0.2) is 42.5 Å². The molecule has 0 saturated carbocycles. The minimum Gasteiger partial charge on any atom is -0.489 e. The van der Waals surface area contributed by atoms with Gasteiger partial charge in [-0.1, -0.05) is 50.2 Å². The number of carbonyl (C=O) groups excluding carboxylic acids is 4. The lowest BCUT2D eigenvalue weighted by molar-refractivity contribution is -0.141. The molecule has 220 valence electrons. The molecule has 1 atom stereocenters. The van der Waals surface area contributed by atoms with Crippen LogP contribution in [0.5, 0.6) is 5.75 Å². The van der Waals surface area contributed by atoms with Gasteiger partial charge in [0, 0.05) is 44.7 Å². The number of piperazine rings is 1. The summed E-state index contributed by atoms with van der Waals surface area (Å²) in [6, 6.07) is 13.3. The van der Waals surface area contributed by atoms with E-state index in [-0.39, 0.29) is 25.0 Å². The number of carbonyl (C=O) groups is 4. The Labute approximate surface area is 241 Å². The molecule has 0 aromatic heterocycles. The van der Waals surface area contributed by atoms with Crippen molar-refractivity contribution in [1.82, 2.24) is 20.0 Å². The summed E-state index contributed by atoms with van der Waals surface area (Å²) in [4.78, 5) is 53.5. The van der Waals surface area contributed by atoms with Crippen LogP contribution < -0.4 is 10.1 Å². The lowest BCUT2D eigenvalue weighted by atomic mass is 10.0. The Hall–Kier alpha value is -3.92. The highest BCUT2D eigenvalue weighted by Crippen LogP contribution is 2.26. The molecule has 2 aromatic carbocycles. The van der Waals surface area contributed by atoms with Crippen molar-refractivity contribution >= 4 is 24.3 Å². The van der Waals surface area contributed by atoms with Gasteiger partial charge in [-0.2, -0.15) is 0 Å². The number of hydrogen-bond donors (Lipinski definition) is 1. The van der Waals surface area contributed by atoms with Crippen molar-refractivity contribution in [2.75, 3.05) is 32.8 Å². The number of hydrogen-bond acceptors (Lipinski definition) is 7. The molecule has 0 spiro atoms. The maximum Gasteiger partial charge on any atom is 0.409 e. The zero-order valence-electron chi connectivity index (χ0n) is 24.1. The Bertz CT molecular complexity index is 1220. The molecule has 2 aromatic rings. The minimum atomic E-state index is -0.688. The number of rotatable bonds is 11. The number of piperidine rings is 1. The lowest BCUT2D eigenvalue weighted by Gasteiger charge is -2.34. The van der Waals surface area contributed by atoms with E-state index < -0.39 is 11.9 Å². The van der Waals surface area contributed by atoms with Gasteiger partial charge in [0.1, 0.15) is 18.4 Å². The summed E-state index contributed by atoms with van der Waals surface area (Å²) in [6.07, 6.45) is 0.942. The van der Waals surface area contributed by atoms with Crippen LogP contribution >= 0.6 is 0 Å². The molecule has 2 aliphatic rings. The van der Waals surface area contributed by atoms with Crippen LogP contribution in [-0.2, 0) is 38.8 Å². The number of nitrogens with one attached hydrogen (secondary N) is 1. The van der Waals surface area contributed by atoms with Gasteiger partial charge in [0.2, 0.25) is 18.2 Å². The van der Waals surface area contributed by atoms with E-state index in [4.69, 9.17) is 9.47 Å².